The maximum atomic E-state index is 11.6. The summed E-state index contributed by atoms with van der Waals surface area (Å²) in [5.41, 5.74) is 1.10. The molecule has 0 unspecified atom stereocenters. The van der Waals surface area contributed by atoms with Crippen LogP contribution in [0.2, 0.25) is 5.04 Å². The van der Waals surface area contributed by atoms with Gasteiger partial charge in [0.2, 0.25) is 9.76 Å². The average molecular weight is 394 g/mol. The Labute approximate surface area is 164 Å². The number of nitro benzene ring substituents is 1. The van der Waals surface area contributed by atoms with Crippen LogP contribution in [0.15, 0.2) is 12.1 Å². The van der Waals surface area contributed by atoms with E-state index < -0.39 is 10.5 Å². The van der Waals surface area contributed by atoms with Gasteiger partial charge in [0.05, 0.1) is 17.6 Å². The summed E-state index contributed by atoms with van der Waals surface area (Å²) >= 11 is 0. The van der Waals surface area contributed by atoms with Gasteiger partial charge in [-0.1, -0.05) is 20.8 Å². The van der Waals surface area contributed by atoms with E-state index in [1.54, 1.807) is 12.1 Å². The molecule has 0 aliphatic carbocycles. The van der Waals surface area contributed by atoms with Gasteiger partial charge in [-0.15, -0.1) is 0 Å². The number of methoxy groups -OCH3 is 1. The quantitative estimate of drug-likeness (QED) is 0.419. The largest absolute Gasteiger partial charge is 0.490 e. The van der Waals surface area contributed by atoms with Crippen molar-refractivity contribution in [3.05, 3.63) is 27.8 Å². The molecule has 2 radical (unpaired) electrons. The van der Waals surface area contributed by atoms with Gasteiger partial charge in [-0.2, -0.15) is 0 Å². The van der Waals surface area contributed by atoms with E-state index >= 15 is 0 Å². The molecule has 1 heterocycles. The van der Waals surface area contributed by atoms with E-state index in [9.17, 15) is 10.1 Å². The van der Waals surface area contributed by atoms with Gasteiger partial charge in [0.1, 0.15) is 0 Å². The van der Waals surface area contributed by atoms with Gasteiger partial charge in [0.15, 0.2) is 5.75 Å². The number of piperazine rings is 1. The molecule has 0 bridgehead atoms. The molecular formula is C19H31N3O4Si. The molecule has 0 saturated carbocycles. The fraction of sp³-hybridized carbons (Fsp3) is 0.684. The van der Waals surface area contributed by atoms with E-state index in [1.807, 2.05) is 13.8 Å². The molecule has 27 heavy (non-hydrogen) atoms. The van der Waals surface area contributed by atoms with Crippen LogP contribution in [0.4, 0.5) is 11.4 Å². The number of ether oxygens (including phenoxy) is 1. The minimum atomic E-state index is -0.651. The monoisotopic (exact) mass is 393 g/mol. The van der Waals surface area contributed by atoms with Gasteiger partial charge in [0.25, 0.3) is 0 Å². The minimum absolute atomic E-state index is 0.0267. The number of anilines is 1. The summed E-state index contributed by atoms with van der Waals surface area (Å²) in [5, 5.41) is 11.6. The lowest BCUT2D eigenvalue weighted by Crippen LogP contribution is -2.45. The van der Waals surface area contributed by atoms with Crippen LogP contribution < -0.4 is 9.64 Å². The van der Waals surface area contributed by atoms with E-state index in [0.29, 0.717) is 0 Å². The molecule has 2 rings (SSSR count). The highest BCUT2D eigenvalue weighted by Gasteiger charge is 2.33. The zero-order valence-electron chi connectivity index (χ0n) is 17.5. The fourth-order valence-electron chi connectivity index (χ4n) is 2.99. The molecule has 8 heteroatoms. The van der Waals surface area contributed by atoms with Gasteiger partial charge in [-0.25, -0.2) is 0 Å². The lowest BCUT2D eigenvalue weighted by Gasteiger charge is -2.38. The van der Waals surface area contributed by atoms with Crippen LogP contribution in [0.1, 0.15) is 40.2 Å². The zero-order chi connectivity index (χ0) is 20.4. The van der Waals surface area contributed by atoms with Crippen molar-refractivity contribution in [3.8, 4) is 5.75 Å². The Bertz CT molecular complexity index is 680. The highest BCUT2D eigenvalue weighted by molar-refractivity contribution is 6.31. The van der Waals surface area contributed by atoms with Gasteiger partial charge in [0, 0.05) is 49.6 Å². The second-order valence-corrected chi connectivity index (χ2v) is 10.5. The third-order valence-corrected chi connectivity index (χ3v) is 5.82. The van der Waals surface area contributed by atoms with Crippen molar-refractivity contribution in [2.24, 2.45) is 0 Å². The van der Waals surface area contributed by atoms with Crippen molar-refractivity contribution in [1.82, 2.24) is 4.90 Å². The summed E-state index contributed by atoms with van der Waals surface area (Å²) in [6.45, 7) is 14.0. The van der Waals surface area contributed by atoms with Crippen LogP contribution >= 0.6 is 0 Å². The molecule has 1 aliphatic heterocycles. The van der Waals surface area contributed by atoms with Gasteiger partial charge in [-0.05, 0) is 25.9 Å². The molecule has 0 N–H and O–H groups in total. The lowest BCUT2D eigenvalue weighted by atomic mass is 9.94. The van der Waals surface area contributed by atoms with E-state index in [-0.39, 0.29) is 26.2 Å². The summed E-state index contributed by atoms with van der Waals surface area (Å²) in [6, 6.07) is 3.42. The van der Waals surface area contributed by atoms with Crippen LogP contribution in [-0.4, -0.2) is 59.9 Å². The SMILES string of the molecule is COc1cc(N2CCN(C)CC2)c(C(C)(C)O[Si]C(C)(C)C)cc1[N+](=O)[O-]. The first-order valence-electron chi connectivity index (χ1n) is 9.20. The summed E-state index contributed by atoms with van der Waals surface area (Å²) < 4.78 is 11.6. The number of nitro groups is 1. The number of hydrogen-bond donors (Lipinski definition) is 0. The predicted molar refractivity (Wildman–Crippen MR) is 109 cm³/mol. The highest BCUT2D eigenvalue weighted by Crippen LogP contribution is 2.42. The smallest absolute Gasteiger partial charge is 0.311 e. The maximum absolute atomic E-state index is 11.6. The zero-order valence-corrected chi connectivity index (χ0v) is 18.5. The van der Waals surface area contributed by atoms with E-state index in [1.165, 1.54) is 7.11 Å². The topological polar surface area (TPSA) is 68.1 Å². The minimum Gasteiger partial charge on any atom is -0.490 e. The molecule has 1 saturated heterocycles. The second-order valence-electron chi connectivity index (χ2n) is 8.55. The van der Waals surface area contributed by atoms with Crippen LogP contribution in [0, 0.1) is 10.1 Å². The third kappa shape index (κ3) is 5.43. The summed E-state index contributed by atoms with van der Waals surface area (Å²) in [5.74, 6) is 0.284. The van der Waals surface area contributed by atoms with Crippen molar-refractivity contribution in [1.29, 1.82) is 0 Å². The van der Waals surface area contributed by atoms with Crippen LogP contribution in [0.3, 0.4) is 0 Å². The molecular weight excluding hydrogens is 362 g/mol. The molecule has 0 aromatic heterocycles. The van der Waals surface area contributed by atoms with E-state index in [4.69, 9.17) is 9.16 Å². The standard InChI is InChI=1S/C19H31N3O4Si/c1-18(2,3)27-26-19(4,5)14-12-16(22(23)24)17(25-7)13-15(14)21-10-8-20(6)9-11-21/h12-13H,8-11H2,1-7H3. The average Bonchev–Trinajstić information content (AvgIpc) is 2.59. The molecule has 1 aliphatic rings. The number of likely N-dealkylation sites (N-methyl/N-ethyl adjacent to an activating group) is 1. The van der Waals surface area contributed by atoms with Gasteiger partial charge < -0.3 is 19.0 Å². The Balaban J connectivity index is 2.51. The van der Waals surface area contributed by atoms with E-state index in [2.05, 4.69) is 37.6 Å². The molecule has 7 nitrogen and oxygen atoms in total. The number of benzene rings is 1. The molecule has 1 aromatic rings. The van der Waals surface area contributed by atoms with Crippen molar-refractivity contribution < 1.29 is 14.1 Å². The summed E-state index contributed by atoms with van der Waals surface area (Å²) in [4.78, 5) is 15.7. The predicted octanol–water partition coefficient (Wildman–Crippen LogP) is 3.44. The first-order chi connectivity index (χ1) is 12.4. The normalized spacial score (nSPS) is 16.5. The van der Waals surface area contributed by atoms with Crippen molar-refractivity contribution in [2.75, 3.05) is 45.2 Å². The Hall–Kier alpha value is -1.64. The number of rotatable bonds is 6. The fourth-order valence-corrected chi connectivity index (χ4v) is 3.66. The summed E-state index contributed by atoms with van der Waals surface area (Å²) in [7, 11) is 3.85. The molecule has 1 aromatic carbocycles. The molecule has 0 amide bonds. The first kappa shape index (κ1) is 21.7. The van der Waals surface area contributed by atoms with Gasteiger partial charge in [-0.3, -0.25) is 10.1 Å². The molecule has 0 spiro atoms. The lowest BCUT2D eigenvalue weighted by molar-refractivity contribution is -0.385. The Morgan fingerprint density at radius 1 is 1.11 bits per heavy atom. The summed E-state index contributed by atoms with van der Waals surface area (Å²) in [6.07, 6.45) is 0. The first-order valence-corrected chi connectivity index (χ1v) is 10.1. The van der Waals surface area contributed by atoms with Crippen molar-refractivity contribution in [3.63, 3.8) is 0 Å². The van der Waals surface area contributed by atoms with Crippen LogP contribution in [0.5, 0.6) is 5.75 Å². The molecule has 0 atom stereocenters. The number of hydrogen-bond acceptors (Lipinski definition) is 6. The Kier molecular flexibility index (Phi) is 6.54. The van der Waals surface area contributed by atoms with Gasteiger partial charge >= 0.3 is 5.69 Å². The maximum Gasteiger partial charge on any atom is 0.311 e. The second kappa shape index (κ2) is 8.16. The van der Waals surface area contributed by atoms with E-state index in [0.717, 1.165) is 37.4 Å². The van der Waals surface area contributed by atoms with Crippen molar-refractivity contribution >= 4 is 21.1 Å². The third-order valence-electron chi connectivity index (χ3n) is 4.60. The Morgan fingerprint density at radius 2 is 1.70 bits per heavy atom. The van der Waals surface area contributed by atoms with Crippen LogP contribution in [0.25, 0.3) is 0 Å². The highest BCUT2D eigenvalue weighted by atomic mass is 28.2. The molecule has 1 fully saturated rings. The van der Waals surface area contributed by atoms with Crippen molar-refractivity contribution in [2.45, 2.75) is 45.3 Å². The number of nitrogens with zero attached hydrogens (tertiary/aromatic N) is 3. The van der Waals surface area contributed by atoms with Crippen LogP contribution in [-0.2, 0) is 10.0 Å². The Morgan fingerprint density at radius 3 is 2.19 bits per heavy atom. The molecule has 150 valence electrons.